The van der Waals surface area contributed by atoms with Crippen molar-refractivity contribution in [2.45, 2.75) is 13.0 Å². The molecule has 0 saturated carbocycles. The molecule has 24 heavy (non-hydrogen) atoms. The number of hydrogen-bond acceptors (Lipinski definition) is 4. The smallest absolute Gasteiger partial charge is 0.337 e. The monoisotopic (exact) mass is 350 g/mol. The van der Waals surface area contributed by atoms with Gasteiger partial charge in [0.15, 0.2) is 0 Å². The number of amides is 1. The topological polar surface area (TPSA) is 67.4 Å². The van der Waals surface area contributed by atoms with Crippen LogP contribution in [0.25, 0.3) is 0 Å². The molecule has 0 aliphatic rings. The van der Waals surface area contributed by atoms with E-state index < -0.39 is 17.8 Å². The average Bonchev–Trinajstić information content (AvgIpc) is 2.57. The lowest BCUT2D eigenvalue weighted by Crippen LogP contribution is -2.32. The normalized spacial score (nSPS) is 11.5. The number of ether oxygens (including phenoxy) is 1. The van der Waals surface area contributed by atoms with Crippen molar-refractivity contribution in [1.82, 2.24) is 0 Å². The standard InChI is InChI=1S/C17H16ClFN2O3/c1-10(16(22)21-15-8-5-12(19)9-14(15)18)20-13-6-3-11(4-7-13)17(23)24-2/h3-10,20H,1-2H3,(H,21,22)/t10-/m1/s1. The highest BCUT2D eigenvalue weighted by Gasteiger charge is 2.15. The van der Waals surface area contributed by atoms with Crippen LogP contribution in [-0.2, 0) is 9.53 Å². The molecule has 2 N–H and O–H groups in total. The molecule has 0 bridgehead atoms. The zero-order valence-corrected chi connectivity index (χ0v) is 13.9. The Bertz CT molecular complexity index is 750. The zero-order valence-electron chi connectivity index (χ0n) is 13.1. The molecule has 126 valence electrons. The first-order chi connectivity index (χ1) is 11.4. The first-order valence-electron chi connectivity index (χ1n) is 7.11. The summed E-state index contributed by atoms with van der Waals surface area (Å²) < 4.78 is 17.6. The molecule has 1 amide bonds. The lowest BCUT2D eigenvalue weighted by molar-refractivity contribution is -0.116. The molecule has 0 fully saturated rings. The third-order valence-electron chi connectivity index (χ3n) is 3.27. The van der Waals surface area contributed by atoms with Gasteiger partial charge in [0, 0.05) is 5.69 Å². The summed E-state index contributed by atoms with van der Waals surface area (Å²) in [5, 5.41) is 5.74. The van der Waals surface area contributed by atoms with Crippen molar-refractivity contribution in [3.05, 3.63) is 58.9 Å². The number of esters is 1. The maximum Gasteiger partial charge on any atom is 0.337 e. The summed E-state index contributed by atoms with van der Waals surface area (Å²) in [6.45, 7) is 1.67. The van der Waals surface area contributed by atoms with Gasteiger partial charge in [-0.25, -0.2) is 9.18 Å². The summed E-state index contributed by atoms with van der Waals surface area (Å²) in [4.78, 5) is 23.5. The minimum absolute atomic E-state index is 0.123. The van der Waals surface area contributed by atoms with Crippen LogP contribution in [0.2, 0.25) is 5.02 Å². The van der Waals surface area contributed by atoms with E-state index in [1.165, 1.54) is 19.2 Å². The molecule has 2 rings (SSSR count). The van der Waals surface area contributed by atoms with Crippen LogP contribution in [-0.4, -0.2) is 25.0 Å². The van der Waals surface area contributed by atoms with Gasteiger partial charge in [-0.15, -0.1) is 0 Å². The molecule has 0 aromatic heterocycles. The summed E-state index contributed by atoms with van der Waals surface area (Å²) in [6, 6.07) is 9.68. The van der Waals surface area contributed by atoms with E-state index in [0.29, 0.717) is 16.9 Å². The highest BCUT2D eigenvalue weighted by atomic mass is 35.5. The third-order valence-corrected chi connectivity index (χ3v) is 3.58. The molecule has 2 aromatic rings. The van der Waals surface area contributed by atoms with Crippen molar-refractivity contribution in [2.24, 2.45) is 0 Å². The van der Waals surface area contributed by atoms with Gasteiger partial charge in [0.2, 0.25) is 5.91 Å². The van der Waals surface area contributed by atoms with Gasteiger partial charge >= 0.3 is 5.97 Å². The molecule has 0 saturated heterocycles. The quantitative estimate of drug-likeness (QED) is 0.807. The van der Waals surface area contributed by atoms with Gasteiger partial charge in [-0.3, -0.25) is 4.79 Å². The molecule has 0 spiro atoms. The van der Waals surface area contributed by atoms with E-state index in [-0.39, 0.29) is 10.9 Å². The molecule has 2 aromatic carbocycles. The highest BCUT2D eigenvalue weighted by Crippen LogP contribution is 2.22. The molecule has 7 heteroatoms. The van der Waals surface area contributed by atoms with E-state index in [1.807, 2.05) is 0 Å². The van der Waals surface area contributed by atoms with Crippen LogP contribution in [0.3, 0.4) is 0 Å². The Kier molecular flexibility index (Phi) is 5.76. The number of hydrogen-bond donors (Lipinski definition) is 2. The van der Waals surface area contributed by atoms with Crippen LogP contribution < -0.4 is 10.6 Å². The van der Waals surface area contributed by atoms with Gasteiger partial charge in [-0.05, 0) is 49.4 Å². The summed E-state index contributed by atoms with van der Waals surface area (Å²) in [6.07, 6.45) is 0. The number of halogens is 2. The number of carbonyl (C=O) groups is 2. The van der Waals surface area contributed by atoms with Crippen LogP contribution >= 0.6 is 11.6 Å². The van der Waals surface area contributed by atoms with E-state index in [4.69, 9.17) is 11.6 Å². The molecular formula is C17H16ClFN2O3. The molecule has 0 radical (unpaired) electrons. The predicted molar refractivity (Wildman–Crippen MR) is 90.9 cm³/mol. The number of methoxy groups -OCH3 is 1. The van der Waals surface area contributed by atoms with Crippen molar-refractivity contribution in [3.8, 4) is 0 Å². The lowest BCUT2D eigenvalue weighted by Gasteiger charge is -2.16. The van der Waals surface area contributed by atoms with Crippen LogP contribution in [0.1, 0.15) is 17.3 Å². The fraction of sp³-hybridized carbons (Fsp3) is 0.176. The molecule has 5 nitrogen and oxygen atoms in total. The Morgan fingerprint density at radius 1 is 1.17 bits per heavy atom. The fourth-order valence-corrected chi connectivity index (χ4v) is 2.18. The van der Waals surface area contributed by atoms with E-state index in [9.17, 15) is 14.0 Å². The van der Waals surface area contributed by atoms with E-state index in [1.54, 1.807) is 31.2 Å². The molecule has 0 aliphatic carbocycles. The van der Waals surface area contributed by atoms with Crippen LogP contribution in [0.5, 0.6) is 0 Å². The Balaban J connectivity index is 1.99. The highest BCUT2D eigenvalue weighted by molar-refractivity contribution is 6.33. The largest absolute Gasteiger partial charge is 0.465 e. The van der Waals surface area contributed by atoms with Gasteiger partial charge in [-0.1, -0.05) is 11.6 Å². The fourth-order valence-electron chi connectivity index (χ4n) is 1.97. The zero-order chi connectivity index (χ0) is 17.7. The molecular weight excluding hydrogens is 335 g/mol. The number of anilines is 2. The molecule has 0 unspecified atom stereocenters. The predicted octanol–water partition coefficient (Wildman–Crippen LogP) is 3.70. The Morgan fingerprint density at radius 2 is 1.83 bits per heavy atom. The second-order valence-corrected chi connectivity index (χ2v) is 5.46. The van der Waals surface area contributed by atoms with Crippen molar-refractivity contribution in [2.75, 3.05) is 17.7 Å². The van der Waals surface area contributed by atoms with E-state index in [0.717, 1.165) is 6.07 Å². The van der Waals surface area contributed by atoms with Gasteiger partial charge < -0.3 is 15.4 Å². The molecule has 0 heterocycles. The summed E-state index contributed by atoms with van der Waals surface area (Å²) in [7, 11) is 1.31. The van der Waals surface area contributed by atoms with Crippen LogP contribution in [0.15, 0.2) is 42.5 Å². The van der Waals surface area contributed by atoms with Gasteiger partial charge in [0.1, 0.15) is 11.9 Å². The first-order valence-corrected chi connectivity index (χ1v) is 7.49. The van der Waals surface area contributed by atoms with Crippen molar-refractivity contribution < 1.29 is 18.7 Å². The molecule has 1 atom stereocenters. The minimum atomic E-state index is -0.574. The van der Waals surface area contributed by atoms with E-state index in [2.05, 4.69) is 15.4 Å². The minimum Gasteiger partial charge on any atom is -0.465 e. The van der Waals surface area contributed by atoms with Crippen LogP contribution in [0, 0.1) is 5.82 Å². The second-order valence-electron chi connectivity index (χ2n) is 5.05. The number of carbonyl (C=O) groups excluding carboxylic acids is 2. The Hall–Kier alpha value is -2.60. The Labute approximate surface area is 143 Å². The summed E-state index contributed by atoms with van der Waals surface area (Å²) in [5.74, 6) is -1.24. The van der Waals surface area contributed by atoms with Gasteiger partial charge in [0.05, 0.1) is 23.4 Å². The lowest BCUT2D eigenvalue weighted by atomic mass is 10.2. The summed E-state index contributed by atoms with van der Waals surface area (Å²) in [5.41, 5.74) is 1.41. The van der Waals surface area contributed by atoms with Crippen molar-refractivity contribution in [3.63, 3.8) is 0 Å². The number of nitrogens with one attached hydrogen (secondary N) is 2. The SMILES string of the molecule is COC(=O)c1ccc(N[C@H](C)C(=O)Nc2ccc(F)cc2Cl)cc1. The third kappa shape index (κ3) is 4.45. The average molecular weight is 351 g/mol. The van der Waals surface area contributed by atoms with Crippen LogP contribution in [0.4, 0.5) is 15.8 Å². The number of benzene rings is 2. The Morgan fingerprint density at radius 3 is 2.42 bits per heavy atom. The maximum atomic E-state index is 13.0. The molecule has 0 aliphatic heterocycles. The second kappa shape index (κ2) is 7.79. The van der Waals surface area contributed by atoms with Gasteiger partial charge in [-0.2, -0.15) is 0 Å². The number of rotatable bonds is 5. The van der Waals surface area contributed by atoms with Crippen molar-refractivity contribution in [1.29, 1.82) is 0 Å². The van der Waals surface area contributed by atoms with Crippen molar-refractivity contribution >= 4 is 34.9 Å². The summed E-state index contributed by atoms with van der Waals surface area (Å²) >= 11 is 5.88. The maximum absolute atomic E-state index is 13.0. The first kappa shape index (κ1) is 17.7. The van der Waals surface area contributed by atoms with E-state index >= 15 is 0 Å². The van der Waals surface area contributed by atoms with Gasteiger partial charge in [0.25, 0.3) is 0 Å².